The van der Waals surface area contributed by atoms with Crippen LogP contribution < -0.4 is 5.32 Å². The maximum absolute atomic E-state index is 12.2. The Balaban J connectivity index is 0.00000364. The third-order valence-corrected chi connectivity index (χ3v) is 7.10. The quantitative estimate of drug-likeness (QED) is 0.312. The highest BCUT2D eigenvalue weighted by atomic mass is 127. The van der Waals surface area contributed by atoms with Crippen molar-refractivity contribution in [2.75, 3.05) is 25.9 Å². The molecule has 0 amide bonds. The first-order valence-corrected chi connectivity index (χ1v) is 10.9. The Morgan fingerprint density at radius 2 is 2.15 bits per heavy atom. The van der Waals surface area contributed by atoms with Crippen LogP contribution in [0.15, 0.2) is 45.0 Å². The molecule has 10 heteroatoms. The van der Waals surface area contributed by atoms with Crippen molar-refractivity contribution in [3.05, 3.63) is 41.5 Å². The van der Waals surface area contributed by atoms with Gasteiger partial charge in [0.05, 0.1) is 24.9 Å². The summed E-state index contributed by atoms with van der Waals surface area (Å²) in [4.78, 5) is 6.34. The summed E-state index contributed by atoms with van der Waals surface area (Å²) in [7, 11) is 0.403. The highest BCUT2D eigenvalue weighted by Gasteiger charge is 2.21. The monoisotopic (exact) mass is 526 g/mol. The van der Waals surface area contributed by atoms with Gasteiger partial charge in [0.25, 0.3) is 0 Å². The Morgan fingerprint density at radius 1 is 1.41 bits per heavy atom. The van der Waals surface area contributed by atoms with E-state index >= 15 is 0 Å². The molecule has 2 aromatic heterocycles. The van der Waals surface area contributed by atoms with E-state index in [1.807, 2.05) is 48.8 Å². The topological polar surface area (TPSA) is 86.9 Å². The lowest BCUT2D eigenvalue weighted by molar-refractivity contribution is 0.205. The molecule has 0 aliphatic rings. The molecule has 152 valence electrons. The number of aliphatic hydroxyl groups excluding tert-OH is 1. The second kappa shape index (κ2) is 11.0. The largest absolute Gasteiger partial charge is 0.390 e. The fourth-order valence-electron chi connectivity index (χ4n) is 2.47. The van der Waals surface area contributed by atoms with E-state index in [4.69, 9.17) is 0 Å². The van der Waals surface area contributed by atoms with Gasteiger partial charge >= 0.3 is 0 Å². The Kier molecular flexibility index (Phi) is 9.77. The van der Waals surface area contributed by atoms with Crippen molar-refractivity contribution in [3.8, 4) is 0 Å². The molecule has 0 aliphatic carbocycles. The van der Waals surface area contributed by atoms with Crippen LogP contribution in [0.4, 0.5) is 0 Å². The number of rotatable bonds is 8. The van der Waals surface area contributed by atoms with Gasteiger partial charge < -0.3 is 19.9 Å². The van der Waals surface area contributed by atoms with Crippen LogP contribution in [0, 0.1) is 0 Å². The summed E-state index contributed by atoms with van der Waals surface area (Å²) in [5, 5.41) is 15.0. The SMILES string of the molecule is CCNC(=NCC(O)CS(=O)(=O)c1cccs1)N(C)Cc1cccn1C.I. The first kappa shape index (κ1) is 23.9. The van der Waals surface area contributed by atoms with Gasteiger partial charge in [0, 0.05) is 32.5 Å². The number of halogens is 1. The van der Waals surface area contributed by atoms with Crippen LogP contribution >= 0.6 is 35.3 Å². The summed E-state index contributed by atoms with van der Waals surface area (Å²) in [6.45, 7) is 3.31. The molecule has 0 saturated carbocycles. The Morgan fingerprint density at radius 3 is 2.70 bits per heavy atom. The molecule has 0 saturated heterocycles. The summed E-state index contributed by atoms with van der Waals surface area (Å²) < 4.78 is 26.8. The fraction of sp³-hybridized carbons (Fsp3) is 0.471. The molecular weight excluding hydrogens is 499 g/mol. The predicted octanol–water partition coefficient (Wildman–Crippen LogP) is 1.94. The highest BCUT2D eigenvalue weighted by molar-refractivity contribution is 14.0. The van der Waals surface area contributed by atoms with Crippen molar-refractivity contribution in [1.82, 2.24) is 14.8 Å². The van der Waals surface area contributed by atoms with Gasteiger partial charge in [-0.1, -0.05) is 6.07 Å². The van der Waals surface area contributed by atoms with E-state index in [9.17, 15) is 13.5 Å². The summed E-state index contributed by atoms with van der Waals surface area (Å²) in [6.07, 6.45) is 0.922. The number of hydrogen-bond acceptors (Lipinski definition) is 5. The number of sulfone groups is 1. The molecule has 0 aliphatic heterocycles. The van der Waals surface area contributed by atoms with Crippen molar-refractivity contribution in [1.29, 1.82) is 0 Å². The number of aliphatic hydroxyl groups is 1. The number of thiophene rings is 1. The molecule has 0 bridgehead atoms. The number of aryl methyl sites for hydroxylation is 1. The van der Waals surface area contributed by atoms with Gasteiger partial charge in [-0.15, -0.1) is 35.3 Å². The highest BCUT2D eigenvalue weighted by Crippen LogP contribution is 2.18. The molecule has 2 N–H and O–H groups in total. The zero-order valence-corrected chi connectivity index (χ0v) is 19.7. The zero-order valence-electron chi connectivity index (χ0n) is 15.7. The molecular formula is C17H27IN4O3S2. The average Bonchev–Trinajstić information content (AvgIpc) is 3.24. The molecule has 2 rings (SSSR count). The van der Waals surface area contributed by atoms with Crippen LogP contribution in [0.5, 0.6) is 0 Å². The maximum Gasteiger partial charge on any atom is 0.194 e. The van der Waals surface area contributed by atoms with E-state index in [1.54, 1.807) is 17.5 Å². The zero-order chi connectivity index (χ0) is 19.2. The van der Waals surface area contributed by atoms with E-state index in [2.05, 4.69) is 10.3 Å². The van der Waals surface area contributed by atoms with Gasteiger partial charge in [-0.05, 0) is 30.5 Å². The summed E-state index contributed by atoms with van der Waals surface area (Å²) in [5.41, 5.74) is 1.12. The van der Waals surface area contributed by atoms with E-state index in [-0.39, 0.29) is 40.5 Å². The summed E-state index contributed by atoms with van der Waals surface area (Å²) in [6, 6.07) is 7.24. The fourth-order valence-corrected chi connectivity index (χ4v) is 4.94. The molecule has 2 heterocycles. The van der Waals surface area contributed by atoms with Gasteiger partial charge in [-0.3, -0.25) is 4.99 Å². The number of nitrogens with one attached hydrogen (secondary N) is 1. The Labute approximate surface area is 182 Å². The van der Waals surface area contributed by atoms with Crippen LogP contribution in [-0.4, -0.2) is 60.9 Å². The van der Waals surface area contributed by atoms with Crippen LogP contribution in [-0.2, 0) is 23.4 Å². The molecule has 1 atom stereocenters. The van der Waals surface area contributed by atoms with Crippen LogP contribution in [0.3, 0.4) is 0 Å². The maximum atomic E-state index is 12.2. The minimum atomic E-state index is -3.48. The van der Waals surface area contributed by atoms with Gasteiger partial charge in [-0.25, -0.2) is 8.42 Å². The van der Waals surface area contributed by atoms with Crippen molar-refractivity contribution in [3.63, 3.8) is 0 Å². The van der Waals surface area contributed by atoms with Crippen LogP contribution in [0.25, 0.3) is 0 Å². The number of hydrogen-bond donors (Lipinski definition) is 2. The lowest BCUT2D eigenvalue weighted by Gasteiger charge is -2.22. The van der Waals surface area contributed by atoms with E-state index in [1.165, 1.54) is 0 Å². The third kappa shape index (κ3) is 7.09. The van der Waals surface area contributed by atoms with Gasteiger partial charge in [0.15, 0.2) is 15.8 Å². The predicted molar refractivity (Wildman–Crippen MR) is 121 cm³/mol. The molecule has 1 unspecified atom stereocenters. The second-order valence-electron chi connectivity index (χ2n) is 6.03. The van der Waals surface area contributed by atoms with E-state index in [0.29, 0.717) is 19.0 Å². The third-order valence-electron chi connectivity index (χ3n) is 3.81. The second-order valence-corrected chi connectivity index (χ2v) is 9.24. The van der Waals surface area contributed by atoms with Gasteiger partial charge in [-0.2, -0.15) is 0 Å². The first-order chi connectivity index (χ1) is 12.3. The minimum Gasteiger partial charge on any atom is -0.390 e. The standard InChI is InChI=1S/C17H26N4O3S2.HI/c1-4-18-17(21(3)12-14-7-5-9-20(14)2)19-11-15(22)13-26(23,24)16-8-6-10-25-16;/h5-10,15,22H,4,11-13H2,1-3H3,(H,18,19);1H. The van der Waals surface area contributed by atoms with Crippen LogP contribution in [0.2, 0.25) is 0 Å². The first-order valence-electron chi connectivity index (χ1n) is 8.37. The summed E-state index contributed by atoms with van der Waals surface area (Å²) in [5.74, 6) is 0.291. The molecule has 2 aromatic rings. The number of aliphatic imine (C=N–C) groups is 1. The molecule has 27 heavy (non-hydrogen) atoms. The van der Waals surface area contributed by atoms with Gasteiger partial charge in [0.2, 0.25) is 0 Å². The van der Waals surface area contributed by atoms with Crippen molar-refractivity contribution < 1.29 is 13.5 Å². The van der Waals surface area contributed by atoms with Crippen molar-refractivity contribution >= 4 is 51.1 Å². The number of aromatic nitrogens is 1. The Hall–Kier alpha value is -1.11. The molecule has 0 aromatic carbocycles. The molecule has 0 fully saturated rings. The van der Waals surface area contributed by atoms with E-state index in [0.717, 1.165) is 17.0 Å². The lowest BCUT2D eigenvalue weighted by atomic mass is 10.4. The van der Waals surface area contributed by atoms with Crippen molar-refractivity contribution in [2.24, 2.45) is 12.0 Å². The van der Waals surface area contributed by atoms with Crippen molar-refractivity contribution in [2.45, 2.75) is 23.8 Å². The number of guanidine groups is 1. The molecule has 0 radical (unpaired) electrons. The summed E-state index contributed by atoms with van der Waals surface area (Å²) >= 11 is 1.15. The Bertz CT molecular complexity index is 819. The van der Waals surface area contributed by atoms with E-state index < -0.39 is 15.9 Å². The molecule has 0 spiro atoms. The minimum absolute atomic E-state index is 0. The number of nitrogens with zero attached hydrogens (tertiary/aromatic N) is 3. The molecule has 7 nitrogen and oxygen atoms in total. The smallest absolute Gasteiger partial charge is 0.194 e. The van der Waals surface area contributed by atoms with Gasteiger partial charge in [0.1, 0.15) is 4.21 Å². The lowest BCUT2D eigenvalue weighted by Crippen LogP contribution is -2.39. The van der Waals surface area contributed by atoms with Crippen LogP contribution in [0.1, 0.15) is 12.6 Å². The average molecular weight is 526 g/mol. The normalized spacial score (nSPS) is 13.1.